The highest BCUT2D eigenvalue weighted by molar-refractivity contribution is 6.33. The first kappa shape index (κ1) is 12.8. The zero-order chi connectivity index (χ0) is 13.1. The summed E-state index contributed by atoms with van der Waals surface area (Å²) in [7, 11) is 1.66. The standard InChI is InChI=1S/C15H16ClNO/c1-10-8-14(16)15(9-11(10)2)17-12-4-6-13(18-3)7-5-12/h4-9,17H,1-3H3. The van der Waals surface area contributed by atoms with Gasteiger partial charge >= 0.3 is 0 Å². The summed E-state index contributed by atoms with van der Waals surface area (Å²) in [4.78, 5) is 0. The third kappa shape index (κ3) is 2.77. The van der Waals surface area contributed by atoms with Gasteiger partial charge in [0.2, 0.25) is 0 Å². The van der Waals surface area contributed by atoms with Crippen LogP contribution in [-0.2, 0) is 0 Å². The smallest absolute Gasteiger partial charge is 0.119 e. The minimum absolute atomic E-state index is 0.730. The fourth-order valence-electron chi connectivity index (χ4n) is 1.71. The van der Waals surface area contributed by atoms with Gasteiger partial charge in [-0.3, -0.25) is 0 Å². The molecule has 0 saturated heterocycles. The van der Waals surface area contributed by atoms with Gasteiger partial charge in [-0.25, -0.2) is 0 Å². The third-order valence-electron chi connectivity index (χ3n) is 2.95. The lowest BCUT2D eigenvalue weighted by atomic mass is 10.1. The maximum Gasteiger partial charge on any atom is 0.119 e. The van der Waals surface area contributed by atoms with Gasteiger partial charge in [0.05, 0.1) is 17.8 Å². The second-order valence-corrected chi connectivity index (χ2v) is 4.68. The molecule has 0 amide bonds. The largest absolute Gasteiger partial charge is 0.497 e. The van der Waals surface area contributed by atoms with E-state index in [-0.39, 0.29) is 0 Å². The third-order valence-corrected chi connectivity index (χ3v) is 3.27. The van der Waals surface area contributed by atoms with Crippen LogP contribution in [0.3, 0.4) is 0 Å². The second-order valence-electron chi connectivity index (χ2n) is 4.27. The highest BCUT2D eigenvalue weighted by Crippen LogP contribution is 2.29. The number of rotatable bonds is 3. The highest BCUT2D eigenvalue weighted by atomic mass is 35.5. The highest BCUT2D eigenvalue weighted by Gasteiger charge is 2.04. The number of hydrogen-bond donors (Lipinski definition) is 1. The van der Waals surface area contributed by atoms with E-state index >= 15 is 0 Å². The average molecular weight is 262 g/mol. The summed E-state index contributed by atoms with van der Waals surface area (Å²) in [5, 5.41) is 4.03. The molecule has 0 bridgehead atoms. The Morgan fingerprint density at radius 2 is 1.61 bits per heavy atom. The molecule has 94 valence electrons. The van der Waals surface area contributed by atoms with Crippen molar-refractivity contribution in [3.8, 4) is 5.75 Å². The van der Waals surface area contributed by atoms with Crippen molar-refractivity contribution in [1.82, 2.24) is 0 Å². The molecule has 0 aromatic heterocycles. The van der Waals surface area contributed by atoms with Gasteiger partial charge < -0.3 is 10.1 Å². The van der Waals surface area contributed by atoms with E-state index in [1.165, 1.54) is 11.1 Å². The number of nitrogens with one attached hydrogen (secondary N) is 1. The van der Waals surface area contributed by atoms with Crippen LogP contribution in [-0.4, -0.2) is 7.11 Å². The van der Waals surface area contributed by atoms with Crippen LogP contribution >= 0.6 is 11.6 Å². The first-order chi connectivity index (χ1) is 8.60. The molecule has 18 heavy (non-hydrogen) atoms. The summed E-state index contributed by atoms with van der Waals surface area (Å²) < 4.78 is 5.12. The topological polar surface area (TPSA) is 21.3 Å². The fourth-order valence-corrected chi connectivity index (χ4v) is 1.97. The Labute approximate surface area is 113 Å². The zero-order valence-corrected chi connectivity index (χ0v) is 11.5. The molecule has 2 rings (SSSR count). The molecule has 1 N–H and O–H groups in total. The summed E-state index contributed by atoms with van der Waals surface area (Å²) >= 11 is 6.22. The molecule has 2 aromatic rings. The average Bonchev–Trinajstić information content (AvgIpc) is 2.37. The Morgan fingerprint density at radius 3 is 2.22 bits per heavy atom. The van der Waals surface area contributed by atoms with Crippen LogP contribution in [0.25, 0.3) is 0 Å². The van der Waals surface area contributed by atoms with Gasteiger partial charge in [0.1, 0.15) is 5.75 Å². The van der Waals surface area contributed by atoms with Gasteiger partial charge in [-0.2, -0.15) is 0 Å². The lowest BCUT2D eigenvalue weighted by Crippen LogP contribution is -1.93. The van der Waals surface area contributed by atoms with Gasteiger partial charge in [0.25, 0.3) is 0 Å². The minimum Gasteiger partial charge on any atom is -0.497 e. The number of halogens is 1. The maximum absolute atomic E-state index is 6.22. The molecule has 0 aliphatic carbocycles. The van der Waals surface area contributed by atoms with E-state index in [9.17, 15) is 0 Å². The number of benzene rings is 2. The zero-order valence-electron chi connectivity index (χ0n) is 10.8. The van der Waals surface area contributed by atoms with Crippen molar-refractivity contribution < 1.29 is 4.74 Å². The molecule has 2 aromatic carbocycles. The second kappa shape index (κ2) is 5.32. The van der Waals surface area contributed by atoms with Crippen LogP contribution in [0.1, 0.15) is 11.1 Å². The van der Waals surface area contributed by atoms with Gasteiger partial charge in [-0.15, -0.1) is 0 Å². The van der Waals surface area contributed by atoms with Gasteiger partial charge in [0, 0.05) is 5.69 Å². The van der Waals surface area contributed by atoms with E-state index in [4.69, 9.17) is 16.3 Å². The van der Waals surface area contributed by atoms with Gasteiger partial charge in [-0.05, 0) is 61.4 Å². The monoisotopic (exact) mass is 261 g/mol. The normalized spacial score (nSPS) is 10.2. The molecule has 2 nitrogen and oxygen atoms in total. The van der Waals surface area contributed by atoms with Crippen molar-refractivity contribution in [3.05, 3.63) is 52.5 Å². The number of ether oxygens (including phenoxy) is 1. The van der Waals surface area contributed by atoms with E-state index in [0.29, 0.717) is 0 Å². The van der Waals surface area contributed by atoms with Crippen molar-refractivity contribution in [2.75, 3.05) is 12.4 Å². The van der Waals surface area contributed by atoms with Gasteiger partial charge in [-0.1, -0.05) is 11.6 Å². The van der Waals surface area contributed by atoms with Crippen molar-refractivity contribution >= 4 is 23.0 Å². The molecule has 0 heterocycles. The van der Waals surface area contributed by atoms with Crippen molar-refractivity contribution in [2.45, 2.75) is 13.8 Å². The Hall–Kier alpha value is -1.67. The summed E-state index contributed by atoms with van der Waals surface area (Å²) in [6, 6.07) is 11.8. The van der Waals surface area contributed by atoms with Crippen LogP contribution < -0.4 is 10.1 Å². The van der Waals surface area contributed by atoms with Gasteiger partial charge in [0.15, 0.2) is 0 Å². The quantitative estimate of drug-likeness (QED) is 0.864. The Morgan fingerprint density at radius 1 is 1.00 bits per heavy atom. The lowest BCUT2D eigenvalue weighted by Gasteiger charge is -2.11. The molecule has 0 atom stereocenters. The molecular weight excluding hydrogens is 246 g/mol. The Balaban J connectivity index is 2.25. The molecule has 0 spiro atoms. The summed E-state index contributed by atoms with van der Waals surface area (Å²) in [6.07, 6.45) is 0. The molecule has 0 fully saturated rings. The van der Waals surface area contributed by atoms with Crippen LogP contribution in [0.5, 0.6) is 5.75 Å². The predicted molar refractivity (Wildman–Crippen MR) is 77.2 cm³/mol. The molecule has 0 aliphatic rings. The minimum atomic E-state index is 0.730. The molecule has 3 heteroatoms. The molecule has 0 saturated carbocycles. The van der Waals surface area contributed by atoms with Crippen molar-refractivity contribution in [1.29, 1.82) is 0 Å². The fraction of sp³-hybridized carbons (Fsp3) is 0.200. The molecule has 0 unspecified atom stereocenters. The van der Waals surface area contributed by atoms with E-state index in [1.807, 2.05) is 30.3 Å². The maximum atomic E-state index is 6.22. The van der Waals surface area contributed by atoms with Crippen molar-refractivity contribution in [2.24, 2.45) is 0 Å². The summed E-state index contributed by atoms with van der Waals surface area (Å²) in [5.41, 5.74) is 4.32. The lowest BCUT2D eigenvalue weighted by molar-refractivity contribution is 0.415. The van der Waals surface area contributed by atoms with E-state index in [2.05, 4.69) is 25.2 Å². The first-order valence-corrected chi connectivity index (χ1v) is 6.16. The van der Waals surface area contributed by atoms with E-state index in [1.54, 1.807) is 7.11 Å². The number of methoxy groups -OCH3 is 1. The summed E-state index contributed by atoms with van der Waals surface area (Å²) in [6.45, 7) is 4.13. The summed E-state index contributed by atoms with van der Waals surface area (Å²) in [5.74, 6) is 0.840. The van der Waals surface area contributed by atoms with Crippen LogP contribution in [0, 0.1) is 13.8 Å². The van der Waals surface area contributed by atoms with E-state index < -0.39 is 0 Å². The van der Waals surface area contributed by atoms with Crippen molar-refractivity contribution in [3.63, 3.8) is 0 Å². The number of hydrogen-bond acceptors (Lipinski definition) is 2. The van der Waals surface area contributed by atoms with E-state index in [0.717, 1.165) is 22.1 Å². The number of aryl methyl sites for hydroxylation is 2. The van der Waals surface area contributed by atoms with Crippen LogP contribution in [0.2, 0.25) is 5.02 Å². The SMILES string of the molecule is COc1ccc(Nc2cc(C)c(C)cc2Cl)cc1. The molecular formula is C15H16ClNO. The first-order valence-electron chi connectivity index (χ1n) is 5.78. The predicted octanol–water partition coefficient (Wildman–Crippen LogP) is 4.71. The van der Waals surface area contributed by atoms with Crippen LogP contribution in [0.4, 0.5) is 11.4 Å². The Kier molecular flexibility index (Phi) is 3.78. The number of anilines is 2. The molecule has 0 radical (unpaired) electrons. The molecule has 0 aliphatic heterocycles. The Bertz CT molecular complexity index is 549. The van der Waals surface area contributed by atoms with Crippen LogP contribution in [0.15, 0.2) is 36.4 Å².